The van der Waals surface area contributed by atoms with Crippen molar-refractivity contribution in [2.75, 3.05) is 12.4 Å². The summed E-state index contributed by atoms with van der Waals surface area (Å²) in [7, 11) is 1.56. The van der Waals surface area contributed by atoms with Gasteiger partial charge in [0.15, 0.2) is 0 Å². The number of benzene rings is 2. The summed E-state index contributed by atoms with van der Waals surface area (Å²) >= 11 is 2.20. The first kappa shape index (κ1) is 18.9. The van der Waals surface area contributed by atoms with Gasteiger partial charge in [0, 0.05) is 20.5 Å². The Bertz CT molecular complexity index is 771. The van der Waals surface area contributed by atoms with Gasteiger partial charge in [-0.15, -0.1) is 0 Å². The molecule has 7 heteroatoms. The number of carbonyl (C=O) groups is 2. The number of hydrogen-bond acceptors (Lipinski definition) is 4. The molecule has 0 fully saturated rings. The zero-order chi connectivity index (χ0) is 18.2. The highest BCUT2D eigenvalue weighted by Gasteiger charge is 2.07. The number of ether oxygens (including phenoxy) is 1. The normalized spacial score (nSPS) is 10.9. The van der Waals surface area contributed by atoms with Crippen LogP contribution in [0.1, 0.15) is 23.7 Å². The van der Waals surface area contributed by atoms with E-state index in [0.29, 0.717) is 17.0 Å². The summed E-state index contributed by atoms with van der Waals surface area (Å²) in [6.45, 7) is 1.68. The van der Waals surface area contributed by atoms with E-state index >= 15 is 0 Å². The lowest BCUT2D eigenvalue weighted by molar-refractivity contribution is -0.115. The lowest BCUT2D eigenvalue weighted by atomic mass is 10.2. The molecule has 0 heterocycles. The molecule has 0 atom stereocenters. The number of methoxy groups -OCH3 is 1. The van der Waals surface area contributed by atoms with Gasteiger partial charge in [-0.2, -0.15) is 5.10 Å². The molecular weight excluding hydrogens is 433 g/mol. The van der Waals surface area contributed by atoms with E-state index in [9.17, 15) is 9.59 Å². The number of amides is 2. The van der Waals surface area contributed by atoms with Crippen molar-refractivity contribution in [2.45, 2.75) is 13.3 Å². The van der Waals surface area contributed by atoms with Crippen LogP contribution in [0.3, 0.4) is 0 Å². The zero-order valence-electron chi connectivity index (χ0n) is 13.9. The molecule has 0 bridgehead atoms. The van der Waals surface area contributed by atoms with Gasteiger partial charge in [0.1, 0.15) is 5.75 Å². The smallest absolute Gasteiger partial charge is 0.271 e. The second-order valence-electron chi connectivity index (χ2n) is 5.25. The van der Waals surface area contributed by atoms with Crippen molar-refractivity contribution in [3.63, 3.8) is 0 Å². The van der Waals surface area contributed by atoms with Crippen LogP contribution in [-0.2, 0) is 4.79 Å². The minimum absolute atomic E-state index is 0.0921. The van der Waals surface area contributed by atoms with Crippen LogP contribution in [0.5, 0.6) is 5.75 Å². The molecule has 2 amide bonds. The van der Waals surface area contributed by atoms with Gasteiger partial charge in [-0.1, -0.05) is 0 Å². The molecule has 2 aromatic carbocycles. The Morgan fingerprint density at radius 2 is 1.72 bits per heavy atom. The Morgan fingerprint density at radius 1 is 1.08 bits per heavy atom. The molecule has 0 saturated heterocycles. The maximum atomic E-state index is 12.0. The first-order chi connectivity index (χ1) is 12.0. The van der Waals surface area contributed by atoms with Crippen molar-refractivity contribution in [2.24, 2.45) is 5.10 Å². The Morgan fingerprint density at radius 3 is 2.32 bits per heavy atom. The highest BCUT2D eigenvalue weighted by molar-refractivity contribution is 14.1. The van der Waals surface area contributed by atoms with Gasteiger partial charge < -0.3 is 10.1 Å². The van der Waals surface area contributed by atoms with Crippen LogP contribution in [0.15, 0.2) is 53.6 Å². The van der Waals surface area contributed by atoms with Crippen molar-refractivity contribution >= 4 is 45.8 Å². The molecule has 0 aliphatic heterocycles. The standard InChI is InChI=1S/C18H18IN3O3/c1-12(11-17(23)20-15-7-5-14(19)6-8-15)21-22-18(24)13-3-9-16(25-2)10-4-13/h3-10H,11H2,1-2H3,(H,20,23)(H,22,24)/b21-12-. The quantitative estimate of drug-likeness (QED) is 0.401. The maximum Gasteiger partial charge on any atom is 0.271 e. The van der Waals surface area contributed by atoms with Gasteiger partial charge in [-0.3, -0.25) is 9.59 Å². The molecule has 130 valence electrons. The summed E-state index contributed by atoms with van der Waals surface area (Å²) in [6.07, 6.45) is 0.0921. The Hall–Kier alpha value is -2.42. The second-order valence-corrected chi connectivity index (χ2v) is 6.49. The van der Waals surface area contributed by atoms with E-state index in [-0.39, 0.29) is 18.2 Å². The fourth-order valence-electron chi connectivity index (χ4n) is 1.96. The van der Waals surface area contributed by atoms with Crippen LogP contribution in [0, 0.1) is 3.57 Å². The second kappa shape index (κ2) is 9.16. The van der Waals surface area contributed by atoms with E-state index in [1.165, 1.54) is 0 Å². The third-order valence-corrected chi connectivity index (χ3v) is 3.96. The lowest BCUT2D eigenvalue weighted by Crippen LogP contribution is -2.21. The van der Waals surface area contributed by atoms with Crippen molar-refractivity contribution < 1.29 is 14.3 Å². The summed E-state index contributed by atoms with van der Waals surface area (Å²) in [6, 6.07) is 14.2. The molecule has 2 aromatic rings. The molecule has 0 aliphatic rings. The Balaban J connectivity index is 1.86. The number of nitrogens with one attached hydrogen (secondary N) is 2. The number of carbonyl (C=O) groups excluding carboxylic acids is 2. The SMILES string of the molecule is COc1ccc(C(=O)N/N=C(/C)CC(=O)Nc2ccc(I)cc2)cc1. The van der Waals surface area contributed by atoms with Gasteiger partial charge in [0.2, 0.25) is 5.91 Å². The topological polar surface area (TPSA) is 79.8 Å². The fraction of sp³-hybridized carbons (Fsp3) is 0.167. The maximum absolute atomic E-state index is 12.0. The average molecular weight is 451 g/mol. The van der Waals surface area contributed by atoms with Gasteiger partial charge in [-0.25, -0.2) is 5.43 Å². The Kier molecular flexibility index (Phi) is 6.93. The van der Waals surface area contributed by atoms with Crippen molar-refractivity contribution in [1.29, 1.82) is 0 Å². The monoisotopic (exact) mass is 451 g/mol. The van der Waals surface area contributed by atoms with Gasteiger partial charge >= 0.3 is 0 Å². The minimum Gasteiger partial charge on any atom is -0.497 e. The summed E-state index contributed by atoms with van der Waals surface area (Å²) < 4.78 is 6.13. The summed E-state index contributed by atoms with van der Waals surface area (Å²) in [4.78, 5) is 24.0. The van der Waals surface area contributed by atoms with E-state index < -0.39 is 0 Å². The van der Waals surface area contributed by atoms with Crippen LogP contribution >= 0.6 is 22.6 Å². The molecule has 0 spiro atoms. The van der Waals surface area contributed by atoms with E-state index in [0.717, 1.165) is 9.26 Å². The number of rotatable bonds is 6. The molecule has 25 heavy (non-hydrogen) atoms. The molecule has 2 rings (SSSR count). The molecule has 0 aliphatic carbocycles. The predicted octanol–water partition coefficient (Wildman–Crippen LogP) is 3.43. The van der Waals surface area contributed by atoms with Crippen LogP contribution in [0.4, 0.5) is 5.69 Å². The number of halogens is 1. The van der Waals surface area contributed by atoms with Crippen molar-refractivity contribution in [3.8, 4) is 5.75 Å². The third kappa shape index (κ3) is 6.18. The summed E-state index contributed by atoms with van der Waals surface area (Å²) in [5.74, 6) is 0.129. The first-order valence-electron chi connectivity index (χ1n) is 7.51. The first-order valence-corrected chi connectivity index (χ1v) is 8.59. The van der Waals surface area contributed by atoms with Crippen molar-refractivity contribution in [1.82, 2.24) is 5.43 Å². The zero-order valence-corrected chi connectivity index (χ0v) is 16.0. The number of hydrogen-bond donors (Lipinski definition) is 2. The van der Waals surface area contributed by atoms with Gasteiger partial charge in [0.05, 0.1) is 13.5 Å². The van der Waals surface area contributed by atoms with Crippen molar-refractivity contribution in [3.05, 3.63) is 57.7 Å². The van der Waals surface area contributed by atoms with E-state index in [1.807, 2.05) is 24.3 Å². The highest BCUT2D eigenvalue weighted by Crippen LogP contribution is 2.12. The largest absolute Gasteiger partial charge is 0.497 e. The summed E-state index contributed by atoms with van der Waals surface area (Å²) in [5, 5.41) is 6.74. The van der Waals surface area contributed by atoms with Gasteiger partial charge in [-0.05, 0) is 78.0 Å². The fourth-order valence-corrected chi connectivity index (χ4v) is 2.32. The predicted molar refractivity (Wildman–Crippen MR) is 106 cm³/mol. The molecule has 2 N–H and O–H groups in total. The number of nitrogens with zero attached hydrogens (tertiary/aromatic N) is 1. The molecule has 6 nitrogen and oxygen atoms in total. The molecule has 0 saturated carbocycles. The van der Waals surface area contributed by atoms with E-state index in [2.05, 4.69) is 38.4 Å². The van der Waals surface area contributed by atoms with Crippen LogP contribution in [-0.4, -0.2) is 24.6 Å². The van der Waals surface area contributed by atoms with Crippen LogP contribution in [0.25, 0.3) is 0 Å². The molecular formula is C18H18IN3O3. The average Bonchev–Trinajstić information content (AvgIpc) is 2.61. The number of anilines is 1. The van der Waals surface area contributed by atoms with Gasteiger partial charge in [0.25, 0.3) is 5.91 Å². The minimum atomic E-state index is -0.347. The summed E-state index contributed by atoms with van der Waals surface area (Å²) in [5.41, 5.74) is 4.13. The lowest BCUT2D eigenvalue weighted by Gasteiger charge is -2.06. The van der Waals surface area contributed by atoms with E-state index in [1.54, 1.807) is 38.3 Å². The highest BCUT2D eigenvalue weighted by atomic mass is 127. The van der Waals surface area contributed by atoms with E-state index in [4.69, 9.17) is 4.74 Å². The van der Waals surface area contributed by atoms with Crippen LogP contribution in [0.2, 0.25) is 0 Å². The third-order valence-electron chi connectivity index (χ3n) is 3.24. The molecule has 0 radical (unpaired) electrons. The molecule has 0 aromatic heterocycles. The van der Waals surface area contributed by atoms with Crippen LogP contribution < -0.4 is 15.5 Å². The number of hydrazone groups is 1. The Labute approximate surface area is 159 Å². The molecule has 0 unspecified atom stereocenters.